The lowest BCUT2D eigenvalue weighted by Gasteiger charge is -2.71. The van der Waals surface area contributed by atoms with E-state index in [1.165, 1.54) is 55.5 Å². The molecule has 0 aromatic rings. The minimum Gasteiger partial charge on any atom is -0.469 e. The fraction of sp³-hybridized carbons (Fsp3) is 0.870. The van der Waals surface area contributed by atoms with E-state index in [0.29, 0.717) is 56.7 Å². The van der Waals surface area contributed by atoms with Crippen molar-refractivity contribution < 1.29 is 57.4 Å². The molecule has 3 N–H and O–H groups in total. The van der Waals surface area contributed by atoms with Crippen molar-refractivity contribution in [3.63, 3.8) is 0 Å². The van der Waals surface area contributed by atoms with Crippen molar-refractivity contribution in [2.45, 2.75) is 365 Å². The van der Waals surface area contributed by atoms with Crippen LogP contribution in [0.1, 0.15) is 365 Å². The van der Waals surface area contributed by atoms with Crippen LogP contribution in [0.5, 0.6) is 0 Å². The van der Waals surface area contributed by atoms with E-state index < -0.39 is 50.2 Å². The molecule has 18 heteroatoms. The van der Waals surface area contributed by atoms with E-state index in [1.54, 1.807) is 21.3 Å². The molecule has 2 aliphatic heterocycles. The van der Waals surface area contributed by atoms with Gasteiger partial charge in [0.2, 0.25) is 17.7 Å². The average molecular weight is 1840 g/mol. The fourth-order valence-electron chi connectivity index (χ4n) is 37.2. The summed E-state index contributed by atoms with van der Waals surface area (Å²) in [5.41, 5.74) is 2.03. The number of fused-ring (bicyclic) bond motifs is 21. The van der Waals surface area contributed by atoms with Crippen molar-refractivity contribution in [2.24, 2.45) is 168 Å². The summed E-state index contributed by atoms with van der Waals surface area (Å²) in [5, 5.41) is 9.57. The highest BCUT2D eigenvalue weighted by molar-refractivity contribution is 6.06. The van der Waals surface area contributed by atoms with Crippen molar-refractivity contribution in [3.05, 3.63) is 34.9 Å². The van der Waals surface area contributed by atoms with Crippen molar-refractivity contribution in [3.8, 4) is 0 Å². The molecule has 0 radical (unpaired) electrons. The van der Waals surface area contributed by atoms with Crippen molar-refractivity contribution >= 4 is 53.0 Å². The Balaban J connectivity index is 0.000000152. The Labute approximate surface area is 804 Å². The first kappa shape index (κ1) is 102. The number of ketones is 3. The lowest BCUT2D eigenvalue weighted by atomic mass is 9.33. The first-order chi connectivity index (χ1) is 62.1. The molecule has 14 fully saturated rings. The predicted octanol–water partition coefficient (Wildman–Crippen LogP) is 21.5. The normalized spacial score (nSPS) is 43.4. The molecule has 18 nitrogen and oxygen atoms in total. The zero-order chi connectivity index (χ0) is 97.1. The van der Waals surface area contributed by atoms with Crippen LogP contribution < -0.4 is 16.0 Å². The van der Waals surface area contributed by atoms with Crippen molar-refractivity contribution in [1.82, 2.24) is 30.7 Å². The molecule has 2 saturated heterocycles. The van der Waals surface area contributed by atoms with Gasteiger partial charge in [-0.2, -0.15) is 0 Å². The monoisotopic (exact) mass is 1840 g/mol. The number of methoxy groups -OCH3 is 3. The van der Waals surface area contributed by atoms with Gasteiger partial charge in [0, 0.05) is 49.0 Å². The molecule has 17 aliphatic rings. The van der Waals surface area contributed by atoms with E-state index in [2.05, 4.69) is 208 Å². The summed E-state index contributed by atoms with van der Waals surface area (Å²) in [7, 11) is 4.71. The smallest absolute Gasteiger partial charge is 0.312 e. The van der Waals surface area contributed by atoms with E-state index in [-0.39, 0.29) is 153 Å². The maximum absolute atomic E-state index is 14.1. The molecule has 3 amide bonds. The molecule has 24 atom stereocenters. The van der Waals surface area contributed by atoms with Crippen LogP contribution in [0.25, 0.3) is 0 Å². The van der Waals surface area contributed by atoms with Crippen LogP contribution in [0.15, 0.2) is 34.9 Å². The quantitative estimate of drug-likeness (QED) is 0.0381. The largest absolute Gasteiger partial charge is 0.469 e. The lowest BCUT2D eigenvalue weighted by Crippen LogP contribution is -2.66. The lowest BCUT2D eigenvalue weighted by molar-refractivity contribution is -0.197. The molecule has 2 heterocycles. The topological polar surface area (TPSA) is 227 Å². The van der Waals surface area contributed by atoms with Crippen LogP contribution in [-0.2, 0) is 57.4 Å². The number of allylic oxidation sites excluding steroid dienone is 6. The molecule has 12 unspecified atom stereocenters. The van der Waals surface area contributed by atoms with Crippen molar-refractivity contribution in [1.29, 1.82) is 0 Å². The maximum Gasteiger partial charge on any atom is 0.312 e. The average Bonchev–Trinajstić information content (AvgIpc) is 0.719. The molecule has 0 aromatic carbocycles. The fourth-order valence-corrected chi connectivity index (χ4v) is 37.2. The zero-order valence-electron chi connectivity index (χ0n) is 88.5. The summed E-state index contributed by atoms with van der Waals surface area (Å²) in [4.78, 5) is 131. The van der Waals surface area contributed by atoms with Gasteiger partial charge < -0.3 is 44.9 Å². The maximum atomic E-state index is 14.1. The summed E-state index contributed by atoms with van der Waals surface area (Å²) in [5.74, 6) is 1.06. The van der Waals surface area contributed by atoms with Gasteiger partial charge in [-0.3, -0.25) is 43.2 Å². The number of rotatable bonds is 18. The van der Waals surface area contributed by atoms with E-state index >= 15 is 0 Å². The van der Waals surface area contributed by atoms with Crippen LogP contribution in [0, 0.1) is 168 Å². The van der Waals surface area contributed by atoms with Gasteiger partial charge in [-0.05, 0) is 370 Å². The third-order valence-electron chi connectivity index (χ3n) is 45.5. The Kier molecular flexibility index (Phi) is 27.6. The zero-order valence-corrected chi connectivity index (χ0v) is 88.5. The predicted molar refractivity (Wildman–Crippen MR) is 528 cm³/mol. The van der Waals surface area contributed by atoms with Crippen LogP contribution in [0.3, 0.4) is 0 Å². The number of nitrogens with one attached hydrogen (secondary N) is 3. The van der Waals surface area contributed by atoms with Crippen LogP contribution in [0.2, 0.25) is 0 Å². The molecule has 12 saturated carbocycles. The third kappa shape index (κ3) is 16.2. The van der Waals surface area contributed by atoms with Crippen LogP contribution >= 0.6 is 0 Å². The Morgan fingerprint density at radius 3 is 0.925 bits per heavy atom. The second-order valence-corrected chi connectivity index (χ2v) is 54.0. The van der Waals surface area contributed by atoms with Gasteiger partial charge in [0.25, 0.3) is 0 Å². The number of ether oxygens (including phenoxy) is 3. The summed E-state index contributed by atoms with van der Waals surface area (Å²) in [6.07, 6.45) is 39.5. The van der Waals surface area contributed by atoms with Gasteiger partial charge in [0.05, 0.1) is 55.3 Å². The van der Waals surface area contributed by atoms with Gasteiger partial charge in [0.15, 0.2) is 17.3 Å². The Morgan fingerprint density at radius 1 is 0.353 bits per heavy atom. The number of carbonyl (C=O) groups excluding carboxylic acids is 9. The van der Waals surface area contributed by atoms with E-state index in [4.69, 9.17) is 14.2 Å². The Morgan fingerprint density at radius 2 is 0.632 bits per heavy atom. The number of hydrogen-bond donors (Lipinski definition) is 3. The molecule has 0 spiro atoms. The Bertz CT molecular complexity index is 4400. The highest BCUT2D eigenvalue weighted by Gasteiger charge is 2.76. The molecule has 17 rings (SSSR count). The number of nitrogens with zero attached hydrogens (tertiary/aromatic N) is 3. The van der Waals surface area contributed by atoms with Gasteiger partial charge in [0.1, 0.15) is 0 Å². The highest BCUT2D eigenvalue weighted by atomic mass is 16.5. The number of hydrogen-bond acceptors (Lipinski definition) is 15. The summed E-state index contributed by atoms with van der Waals surface area (Å²) >= 11 is 0. The van der Waals surface area contributed by atoms with Crippen LogP contribution in [-0.4, -0.2) is 168 Å². The minimum atomic E-state index is -0.596. The van der Waals surface area contributed by atoms with Gasteiger partial charge in [-0.1, -0.05) is 194 Å². The molecule has 15 aliphatic carbocycles. The van der Waals surface area contributed by atoms with Crippen molar-refractivity contribution in [2.75, 3.05) is 99.9 Å². The second kappa shape index (κ2) is 35.9. The van der Waals surface area contributed by atoms with Gasteiger partial charge in [-0.15, -0.1) is 0 Å². The number of likely N-dealkylation sites (tertiary alicyclic amines) is 2. The summed E-state index contributed by atoms with van der Waals surface area (Å²) in [6.45, 7) is 64.7. The Hall–Kier alpha value is -5.07. The first-order valence-electron chi connectivity index (χ1n) is 54.1. The SMILES string of the molecule is CCN(CC)CCNC(=O)C1C[C@@]2(C)C(CC[C@]3(C)C2CC=C2C4CC(C)(C)CC[C@]4(C(=O)OC)CC[C@]23C)C(C)(C)C1=O.COC(=O)[C@]12CCC(C)(C)CC1C1=CCC3[C@@]4(C)CC(C(=O)NCCCN5CCCC5)C(=O)C(C)(C)C4CC[C@@]3(C)[C@]1(C)CC2.COC(=O)[C@]12CCC(C)(C)CC1C1=CCC3[C@@]4(C)CC(C(=O)NCCN5CCCC5)C(=O)C(C)(C)C4CC[C@@]3(C)[C@]1(C)CC2. The summed E-state index contributed by atoms with van der Waals surface area (Å²) < 4.78 is 16.6. The second-order valence-electron chi connectivity index (χ2n) is 54.0. The molecule has 0 bridgehead atoms. The standard InChI is InChI=1S/C39H62N2O4.C38H60N2O4.C38H62N2O4/c1-34(2)16-18-39(33(44)45-8)19-17-37(6)27(28(39)25-34)12-13-30-36(5)24-26(32(43)40-20-11-23-41-21-9-10-22-41)31(42)35(3,4)29(36)14-15-38(30,37)7;1-33(2)15-17-38(32(43)44-8)18-16-36(6)26(27(38)24-33)11-12-29-35(5)23-25(31(42)39-19-22-40-20-9-10-21-40)30(41)34(3,4)28(35)13-14-37(29,36)7;1-11-40(12-2)22-21-39-31(42)25-23-35(7)28(34(5,6)30(25)41)15-16-37(9)29(35)14-13-26-27-24-33(3,4)17-19-38(27,32(43)44-10)20-18-36(26,37)8/h12,26,28-30H,9-11,13-25H2,1-8H3,(H,40,43);11,25,27-29H,9-10,12-24H2,1-8H3,(H,39,42);13,25,27-29H,11-12,14-24H2,1-10H3,(H,39,42)/t26?,28?,29?,30?,36-,37+,38+,39-;2*25?,27?,28?,29?,35-,36+,37+,38-/m000/s1. The first-order valence-corrected chi connectivity index (χ1v) is 54.1. The summed E-state index contributed by atoms with van der Waals surface area (Å²) in [6, 6.07) is 0. The number of Topliss-reactive ketones (excluding diaryl/α,β-unsaturated/α-hetero) is 3. The number of carbonyl (C=O) groups is 9. The number of esters is 3. The van der Waals surface area contributed by atoms with Gasteiger partial charge in [-0.25, -0.2) is 0 Å². The molecule has 133 heavy (non-hydrogen) atoms. The highest BCUT2D eigenvalue weighted by Crippen LogP contribution is 2.81. The third-order valence-corrected chi connectivity index (χ3v) is 45.5. The van der Waals surface area contributed by atoms with E-state index in [9.17, 15) is 43.2 Å². The molecule has 746 valence electrons. The van der Waals surface area contributed by atoms with E-state index in [0.717, 1.165) is 206 Å². The van der Waals surface area contributed by atoms with Crippen LogP contribution in [0.4, 0.5) is 0 Å². The molecule has 0 aromatic heterocycles. The van der Waals surface area contributed by atoms with E-state index in [1.807, 2.05) is 0 Å². The van der Waals surface area contributed by atoms with Gasteiger partial charge >= 0.3 is 17.9 Å². The number of amides is 3. The molecular weight excluding hydrogens is 1660 g/mol. The minimum absolute atomic E-state index is 0.00396. The molecular formula is C115H184N6O12. The number of likely N-dealkylation sites (N-methyl/N-ethyl adjacent to an activating group) is 1.